The number of ether oxygens (including phenoxy) is 1. The number of aromatic hydroxyl groups is 1. The molecule has 1 unspecified atom stereocenters. The van der Waals surface area contributed by atoms with E-state index in [-0.39, 0.29) is 11.9 Å². The van der Waals surface area contributed by atoms with E-state index in [1.807, 2.05) is 51.1 Å². The summed E-state index contributed by atoms with van der Waals surface area (Å²) >= 11 is 3.65. The van der Waals surface area contributed by atoms with Gasteiger partial charge in [0.05, 0.1) is 6.61 Å². The Bertz CT molecular complexity index is 709. The lowest BCUT2D eigenvalue weighted by Gasteiger charge is -2.24. The lowest BCUT2D eigenvalue weighted by Crippen LogP contribution is -2.11. The molecule has 0 spiro atoms. The monoisotopic (exact) mass is 390 g/mol. The Labute approximate surface area is 151 Å². The smallest absolute Gasteiger partial charge is 0.302 e. The van der Waals surface area contributed by atoms with Crippen LogP contribution in [0, 0.1) is 20.8 Å². The van der Waals surface area contributed by atoms with Crippen molar-refractivity contribution < 1.29 is 14.6 Å². The molecule has 0 aliphatic heterocycles. The van der Waals surface area contributed by atoms with Crippen molar-refractivity contribution in [2.75, 3.05) is 6.61 Å². The third kappa shape index (κ3) is 3.81. The summed E-state index contributed by atoms with van der Waals surface area (Å²) in [5.74, 6) is -0.00458. The summed E-state index contributed by atoms with van der Waals surface area (Å²) in [5, 5.41) is 10.8. The van der Waals surface area contributed by atoms with E-state index in [1.54, 1.807) is 0 Å². The van der Waals surface area contributed by atoms with Gasteiger partial charge in [-0.25, -0.2) is 0 Å². The molecule has 0 aliphatic rings. The fraction of sp³-hybridized carbons (Fsp3) is 0.350. The third-order valence-corrected chi connectivity index (χ3v) is 5.69. The van der Waals surface area contributed by atoms with Crippen LogP contribution in [0.4, 0.5) is 0 Å². The highest BCUT2D eigenvalue weighted by Crippen LogP contribution is 2.42. The molecule has 128 valence electrons. The molecule has 0 fully saturated rings. The Morgan fingerprint density at radius 3 is 2.33 bits per heavy atom. The number of phenols is 1. The van der Waals surface area contributed by atoms with Crippen molar-refractivity contribution in [3.05, 3.63) is 62.6 Å². The van der Waals surface area contributed by atoms with Crippen LogP contribution in [0.15, 0.2) is 34.8 Å². The van der Waals surface area contributed by atoms with E-state index in [0.717, 1.165) is 32.3 Å². The van der Waals surface area contributed by atoms with E-state index in [4.69, 9.17) is 4.74 Å². The minimum atomic E-state index is -0.288. The second-order valence-electron chi connectivity index (χ2n) is 6.04. The largest absolute Gasteiger partial charge is 0.507 e. The highest BCUT2D eigenvalue weighted by Gasteiger charge is 2.24. The zero-order chi connectivity index (χ0) is 17.9. The summed E-state index contributed by atoms with van der Waals surface area (Å²) in [5.41, 5.74) is 4.92. The van der Waals surface area contributed by atoms with E-state index >= 15 is 0 Å². The lowest BCUT2D eigenvalue weighted by atomic mass is 9.83. The molecule has 4 heteroatoms. The Kier molecular flexibility index (Phi) is 6.05. The van der Waals surface area contributed by atoms with Crippen molar-refractivity contribution in [3.63, 3.8) is 0 Å². The van der Waals surface area contributed by atoms with Crippen molar-refractivity contribution in [2.24, 2.45) is 0 Å². The van der Waals surface area contributed by atoms with Gasteiger partial charge in [0.25, 0.3) is 0 Å². The molecule has 2 aromatic rings. The van der Waals surface area contributed by atoms with Crippen molar-refractivity contribution in [3.8, 4) is 5.75 Å². The molecule has 0 saturated heterocycles. The Balaban J connectivity index is 2.54. The highest BCUT2D eigenvalue weighted by atomic mass is 79.9. The number of rotatable bonds is 5. The maximum Gasteiger partial charge on any atom is 0.302 e. The minimum absolute atomic E-state index is 0.0406. The summed E-state index contributed by atoms with van der Waals surface area (Å²) in [6.45, 7) is 7.65. The molecule has 0 aliphatic carbocycles. The maximum atomic E-state index is 11.1. The molecule has 0 heterocycles. The van der Waals surface area contributed by atoms with Crippen LogP contribution in [0.25, 0.3) is 0 Å². The summed E-state index contributed by atoms with van der Waals surface area (Å²) in [4.78, 5) is 11.1. The van der Waals surface area contributed by atoms with Crippen molar-refractivity contribution >= 4 is 21.9 Å². The molecule has 0 amide bonds. The van der Waals surface area contributed by atoms with Crippen LogP contribution in [0.2, 0.25) is 0 Å². The number of halogens is 1. The minimum Gasteiger partial charge on any atom is -0.507 e. The number of hydrogen-bond acceptors (Lipinski definition) is 3. The molecule has 3 nitrogen and oxygen atoms in total. The van der Waals surface area contributed by atoms with Gasteiger partial charge in [0.15, 0.2) is 0 Å². The highest BCUT2D eigenvalue weighted by molar-refractivity contribution is 9.10. The van der Waals surface area contributed by atoms with Gasteiger partial charge in [-0.05, 0) is 49.4 Å². The average Bonchev–Trinajstić information content (AvgIpc) is 2.57. The van der Waals surface area contributed by atoms with Gasteiger partial charge in [-0.15, -0.1) is 0 Å². The first-order chi connectivity index (χ1) is 11.3. The number of esters is 1. The Morgan fingerprint density at radius 1 is 1.12 bits per heavy atom. The first-order valence-electron chi connectivity index (χ1n) is 8.01. The van der Waals surface area contributed by atoms with E-state index in [2.05, 4.69) is 15.9 Å². The first kappa shape index (κ1) is 18.5. The van der Waals surface area contributed by atoms with Crippen LogP contribution in [-0.4, -0.2) is 17.7 Å². The Hall–Kier alpha value is -1.81. The molecule has 1 N–H and O–H groups in total. The summed E-state index contributed by atoms with van der Waals surface area (Å²) in [6.07, 6.45) is 0.618. The summed E-state index contributed by atoms with van der Waals surface area (Å²) < 4.78 is 6.16. The van der Waals surface area contributed by atoms with Crippen LogP contribution in [0.3, 0.4) is 0 Å². The number of carbonyl (C=O) groups excluding carboxylic acids is 1. The maximum absolute atomic E-state index is 11.1. The van der Waals surface area contributed by atoms with Crippen molar-refractivity contribution in [1.82, 2.24) is 0 Å². The number of carbonyl (C=O) groups is 1. The predicted molar refractivity (Wildman–Crippen MR) is 99.6 cm³/mol. The van der Waals surface area contributed by atoms with Crippen LogP contribution >= 0.6 is 15.9 Å². The molecule has 1 atom stereocenters. The van der Waals surface area contributed by atoms with Crippen LogP contribution in [-0.2, 0) is 9.53 Å². The summed E-state index contributed by atoms with van der Waals surface area (Å²) in [7, 11) is 0. The van der Waals surface area contributed by atoms with Crippen molar-refractivity contribution in [1.29, 1.82) is 0 Å². The lowest BCUT2D eigenvalue weighted by molar-refractivity contribution is -0.141. The number of hydrogen-bond donors (Lipinski definition) is 1. The predicted octanol–water partition coefficient (Wildman–Crippen LogP) is 5.17. The SMILES string of the molecule is CC(=O)OCCC(c1ccccc1)c1c(C)c(Br)c(C)c(C)c1O. The molecule has 2 rings (SSSR count). The van der Waals surface area contributed by atoms with Gasteiger partial charge >= 0.3 is 5.97 Å². The van der Waals surface area contributed by atoms with E-state index in [0.29, 0.717) is 18.8 Å². The molecule has 0 saturated carbocycles. The van der Waals surface area contributed by atoms with Crippen LogP contribution in [0.5, 0.6) is 5.75 Å². The summed E-state index contributed by atoms with van der Waals surface area (Å²) in [6, 6.07) is 10.0. The quantitative estimate of drug-likeness (QED) is 0.716. The van der Waals surface area contributed by atoms with Gasteiger partial charge in [0, 0.05) is 22.9 Å². The van der Waals surface area contributed by atoms with Gasteiger partial charge in [-0.1, -0.05) is 46.3 Å². The van der Waals surface area contributed by atoms with Crippen LogP contribution in [0.1, 0.15) is 47.1 Å². The van der Waals surface area contributed by atoms with Gasteiger partial charge < -0.3 is 9.84 Å². The van der Waals surface area contributed by atoms with Gasteiger partial charge in [0.2, 0.25) is 0 Å². The zero-order valence-corrected chi connectivity index (χ0v) is 16.1. The van der Waals surface area contributed by atoms with E-state index in [9.17, 15) is 9.90 Å². The fourth-order valence-electron chi connectivity index (χ4n) is 3.03. The molecule has 0 radical (unpaired) electrons. The second-order valence-corrected chi connectivity index (χ2v) is 6.84. The van der Waals surface area contributed by atoms with Gasteiger partial charge in [0.1, 0.15) is 5.75 Å². The van der Waals surface area contributed by atoms with Gasteiger partial charge in [-0.3, -0.25) is 4.79 Å². The van der Waals surface area contributed by atoms with E-state index in [1.165, 1.54) is 6.92 Å². The molecule has 24 heavy (non-hydrogen) atoms. The fourth-order valence-corrected chi connectivity index (χ4v) is 3.54. The molecular weight excluding hydrogens is 368 g/mol. The van der Waals surface area contributed by atoms with Gasteiger partial charge in [-0.2, -0.15) is 0 Å². The first-order valence-corrected chi connectivity index (χ1v) is 8.80. The normalized spacial score (nSPS) is 12.0. The molecule has 2 aromatic carbocycles. The standard InChI is InChI=1S/C20H23BrO3/c1-12-13(2)20(23)18(14(3)19(12)21)17(10-11-24-15(4)22)16-8-6-5-7-9-16/h5-9,17,23H,10-11H2,1-4H3. The second kappa shape index (κ2) is 7.84. The van der Waals surface area contributed by atoms with Crippen LogP contribution < -0.4 is 0 Å². The molecule has 0 bridgehead atoms. The third-order valence-electron chi connectivity index (χ3n) is 4.50. The molecular formula is C20H23BrO3. The van der Waals surface area contributed by atoms with E-state index < -0.39 is 0 Å². The Morgan fingerprint density at radius 2 is 1.75 bits per heavy atom. The number of benzene rings is 2. The zero-order valence-electron chi connectivity index (χ0n) is 14.5. The average molecular weight is 391 g/mol. The topological polar surface area (TPSA) is 46.5 Å². The number of phenolic OH excluding ortho intramolecular Hbond substituents is 1. The van der Waals surface area contributed by atoms with Crippen molar-refractivity contribution in [2.45, 2.75) is 40.0 Å². The molecule has 0 aromatic heterocycles.